The molecule has 8 nitrogen and oxygen atoms in total. The van der Waals surface area contributed by atoms with Gasteiger partial charge in [0.25, 0.3) is 5.91 Å². The van der Waals surface area contributed by atoms with Crippen LogP contribution in [-0.2, 0) is 19.6 Å². The summed E-state index contributed by atoms with van der Waals surface area (Å²) in [5, 5.41) is 3.90. The number of carbonyl (C=O) groups is 2. The zero-order chi connectivity index (χ0) is 23.2. The average molecular weight is 510 g/mol. The Labute approximate surface area is 190 Å². The molecule has 0 spiro atoms. The highest BCUT2D eigenvalue weighted by Gasteiger charge is 2.28. The highest BCUT2D eigenvalue weighted by atomic mass is 79.9. The molecule has 2 aromatic rings. The smallest absolute Gasteiger partial charge is 0.308 e. The highest BCUT2D eigenvalue weighted by Crippen LogP contribution is 2.22. The second kappa shape index (κ2) is 10.7. The van der Waals surface area contributed by atoms with Gasteiger partial charge in [-0.05, 0) is 43.2 Å². The first-order valence-corrected chi connectivity index (χ1v) is 11.7. The molecule has 166 valence electrons. The third-order valence-electron chi connectivity index (χ3n) is 4.17. The minimum Gasteiger partial charge on any atom is -0.426 e. The number of benzene rings is 2. The van der Waals surface area contributed by atoms with Gasteiger partial charge in [0.05, 0.1) is 11.1 Å². The Morgan fingerprint density at radius 3 is 2.35 bits per heavy atom. The molecule has 0 saturated heterocycles. The molecule has 0 radical (unpaired) electrons. The number of nitrogens with zero attached hydrogens (tertiary/aromatic N) is 1. The fraction of sp³-hybridized carbons (Fsp3) is 0.286. The van der Waals surface area contributed by atoms with Crippen LogP contribution in [0.4, 0.5) is 0 Å². The summed E-state index contributed by atoms with van der Waals surface area (Å²) < 4.78 is 33.6. The maximum atomic E-state index is 12.7. The van der Waals surface area contributed by atoms with E-state index in [4.69, 9.17) is 4.74 Å². The number of ether oxygens (including phenoxy) is 1. The number of esters is 1. The predicted molar refractivity (Wildman–Crippen MR) is 121 cm³/mol. The van der Waals surface area contributed by atoms with Crippen molar-refractivity contribution in [2.75, 3.05) is 0 Å². The minimum atomic E-state index is -3.90. The van der Waals surface area contributed by atoms with E-state index < -0.39 is 27.9 Å². The van der Waals surface area contributed by atoms with E-state index in [9.17, 15) is 18.0 Å². The number of hydrogen-bond acceptors (Lipinski definition) is 6. The zero-order valence-electron chi connectivity index (χ0n) is 17.5. The van der Waals surface area contributed by atoms with Gasteiger partial charge in [0.2, 0.25) is 10.0 Å². The Morgan fingerprint density at radius 1 is 1.13 bits per heavy atom. The van der Waals surface area contributed by atoms with Gasteiger partial charge in [-0.1, -0.05) is 47.5 Å². The Kier molecular flexibility index (Phi) is 8.49. The van der Waals surface area contributed by atoms with Crippen molar-refractivity contribution < 1.29 is 22.7 Å². The van der Waals surface area contributed by atoms with Gasteiger partial charge in [-0.2, -0.15) is 9.82 Å². The van der Waals surface area contributed by atoms with Crippen LogP contribution < -0.4 is 14.9 Å². The topological polar surface area (TPSA) is 114 Å². The minimum absolute atomic E-state index is 0.0696. The number of carbonyl (C=O) groups excluding carboxylic acids is 2. The van der Waals surface area contributed by atoms with Crippen molar-refractivity contribution in [1.82, 2.24) is 10.1 Å². The largest absolute Gasteiger partial charge is 0.426 e. The average Bonchev–Trinajstić information content (AvgIpc) is 2.68. The van der Waals surface area contributed by atoms with Crippen molar-refractivity contribution in [3.63, 3.8) is 0 Å². The fourth-order valence-corrected chi connectivity index (χ4v) is 4.27. The summed E-state index contributed by atoms with van der Waals surface area (Å²) in [6.45, 7) is 6.57. The molecule has 31 heavy (non-hydrogen) atoms. The van der Waals surface area contributed by atoms with Crippen molar-refractivity contribution in [3.05, 3.63) is 58.1 Å². The van der Waals surface area contributed by atoms with E-state index in [1.165, 1.54) is 25.3 Å². The fourth-order valence-electron chi connectivity index (χ4n) is 2.55. The Morgan fingerprint density at radius 2 is 1.77 bits per heavy atom. The second-order valence-electron chi connectivity index (χ2n) is 7.17. The van der Waals surface area contributed by atoms with Crippen LogP contribution in [0.15, 0.2) is 56.9 Å². The molecule has 2 N–H and O–H groups in total. The first-order chi connectivity index (χ1) is 14.5. The van der Waals surface area contributed by atoms with Crippen molar-refractivity contribution >= 4 is 44.0 Å². The molecule has 0 bridgehead atoms. The van der Waals surface area contributed by atoms with Gasteiger partial charge in [0.1, 0.15) is 11.8 Å². The van der Waals surface area contributed by atoms with Crippen LogP contribution in [0.1, 0.15) is 31.9 Å². The lowest BCUT2D eigenvalue weighted by Gasteiger charge is -2.20. The SMILES string of the molecule is CC(=O)Oc1ccc(Br)cc1/C=N\NC(=O)[C@@H](NS(=O)(=O)c1ccc(C)cc1)C(C)C. The van der Waals surface area contributed by atoms with Crippen LogP contribution in [0.2, 0.25) is 0 Å². The maximum absolute atomic E-state index is 12.7. The molecule has 2 rings (SSSR count). The van der Waals surface area contributed by atoms with Crippen LogP contribution in [0.3, 0.4) is 0 Å². The first kappa shape index (κ1) is 24.7. The molecule has 0 aliphatic heterocycles. The van der Waals surface area contributed by atoms with E-state index in [1.54, 1.807) is 44.2 Å². The van der Waals surface area contributed by atoms with E-state index >= 15 is 0 Å². The normalized spacial score (nSPS) is 12.7. The quantitative estimate of drug-likeness (QED) is 0.245. The third-order valence-corrected chi connectivity index (χ3v) is 6.12. The zero-order valence-corrected chi connectivity index (χ0v) is 20.0. The molecule has 0 aromatic heterocycles. The molecular formula is C21H24BrN3O5S. The number of hydrogen-bond donors (Lipinski definition) is 2. The molecule has 0 fully saturated rings. The summed E-state index contributed by atoms with van der Waals surface area (Å²) in [5.74, 6) is -1.18. The van der Waals surface area contributed by atoms with Crippen molar-refractivity contribution in [2.24, 2.45) is 11.0 Å². The lowest BCUT2D eigenvalue weighted by atomic mass is 10.1. The summed E-state index contributed by atoms with van der Waals surface area (Å²) in [6.07, 6.45) is 1.31. The van der Waals surface area contributed by atoms with Gasteiger partial charge in [-0.15, -0.1) is 0 Å². The molecule has 1 atom stereocenters. The Balaban J connectivity index is 2.16. The highest BCUT2D eigenvalue weighted by molar-refractivity contribution is 9.10. The molecule has 2 aromatic carbocycles. The number of hydrazone groups is 1. The van der Waals surface area contributed by atoms with Crippen molar-refractivity contribution in [1.29, 1.82) is 0 Å². The van der Waals surface area contributed by atoms with Gasteiger partial charge in [0.15, 0.2) is 0 Å². The van der Waals surface area contributed by atoms with Crippen LogP contribution in [0.25, 0.3) is 0 Å². The third kappa shape index (κ3) is 7.27. The van der Waals surface area contributed by atoms with Crippen LogP contribution in [-0.4, -0.2) is 32.6 Å². The number of sulfonamides is 1. The molecular weight excluding hydrogens is 486 g/mol. The Hall–Kier alpha value is -2.56. The molecule has 1 amide bonds. The van der Waals surface area contributed by atoms with Crippen molar-refractivity contribution in [2.45, 2.75) is 38.6 Å². The predicted octanol–water partition coefficient (Wildman–Crippen LogP) is 3.14. The van der Waals surface area contributed by atoms with Crippen LogP contribution in [0, 0.1) is 12.8 Å². The van der Waals surface area contributed by atoms with Gasteiger partial charge >= 0.3 is 5.97 Å². The number of rotatable bonds is 8. The second-order valence-corrected chi connectivity index (χ2v) is 9.80. The summed E-state index contributed by atoms with van der Waals surface area (Å²) in [7, 11) is -3.90. The molecule has 0 aliphatic carbocycles. The van der Waals surface area contributed by atoms with Crippen LogP contribution in [0.5, 0.6) is 5.75 Å². The maximum Gasteiger partial charge on any atom is 0.308 e. The monoisotopic (exact) mass is 509 g/mol. The van der Waals surface area contributed by atoms with Gasteiger partial charge in [-0.25, -0.2) is 13.8 Å². The van der Waals surface area contributed by atoms with E-state index in [2.05, 4.69) is 31.2 Å². The standard InChI is InChI=1S/C21H24BrN3O5S/c1-13(2)20(25-31(28,29)18-8-5-14(3)6-9-18)21(27)24-23-12-16-11-17(22)7-10-19(16)30-15(4)26/h5-13,20,25H,1-4H3,(H,24,27)/b23-12-/t20-/m0/s1. The Bertz CT molecular complexity index is 1080. The van der Waals surface area contributed by atoms with E-state index in [-0.39, 0.29) is 16.6 Å². The number of aryl methyl sites for hydroxylation is 1. The summed E-state index contributed by atoms with van der Waals surface area (Å²) in [6, 6.07) is 10.2. The molecule has 0 saturated carbocycles. The summed E-state index contributed by atoms with van der Waals surface area (Å²) >= 11 is 3.32. The summed E-state index contributed by atoms with van der Waals surface area (Å²) in [4.78, 5) is 23.9. The van der Waals surface area contributed by atoms with E-state index in [0.717, 1.165) is 10.0 Å². The van der Waals surface area contributed by atoms with Gasteiger partial charge in [-0.3, -0.25) is 9.59 Å². The van der Waals surface area contributed by atoms with Crippen LogP contribution >= 0.6 is 15.9 Å². The van der Waals surface area contributed by atoms with Crippen molar-refractivity contribution in [3.8, 4) is 5.75 Å². The first-order valence-electron chi connectivity index (χ1n) is 9.39. The molecule has 0 aliphatic rings. The molecule has 10 heteroatoms. The number of halogens is 1. The number of amides is 1. The lowest BCUT2D eigenvalue weighted by molar-refractivity contribution is -0.132. The molecule has 0 heterocycles. The molecule has 0 unspecified atom stereocenters. The van der Waals surface area contributed by atoms with Gasteiger partial charge in [0, 0.05) is 17.0 Å². The summed E-state index contributed by atoms with van der Waals surface area (Å²) in [5.41, 5.74) is 3.72. The lowest BCUT2D eigenvalue weighted by Crippen LogP contribution is -2.48. The van der Waals surface area contributed by atoms with E-state index in [1.807, 2.05) is 6.92 Å². The van der Waals surface area contributed by atoms with Gasteiger partial charge < -0.3 is 4.74 Å². The number of nitrogens with one attached hydrogen (secondary N) is 2. The van der Waals surface area contributed by atoms with E-state index in [0.29, 0.717) is 5.56 Å².